The first-order valence-electron chi connectivity index (χ1n) is 7.87. The highest BCUT2D eigenvalue weighted by Gasteiger charge is 2.26. The molecule has 0 fully saturated rings. The van der Waals surface area contributed by atoms with Crippen LogP contribution in [0.3, 0.4) is 0 Å². The molecule has 0 aliphatic carbocycles. The van der Waals surface area contributed by atoms with Crippen molar-refractivity contribution in [3.8, 4) is 0 Å². The van der Waals surface area contributed by atoms with E-state index in [1.54, 1.807) is 6.33 Å². The van der Waals surface area contributed by atoms with Gasteiger partial charge in [0.05, 0.1) is 17.4 Å². The number of aryl methyl sites for hydroxylation is 1. The summed E-state index contributed by atoms with van der Waals surface area (Å²) in [5, 5.41) is 3.15. The van der Waals surface area contributed by atoms with Crippen molar-refractivity contribution in [1.82, 2.24) is 14.9 Å². The lowest BCUT2D eigenvalue weighted by Crippen LogP contribution is -2.46. The van der Waals surface area contributed by atoms with Crippen LogP contribution in [0.1, 0.15) is 47.5 Å². The number of nitrogens with one attached hydrogen (secondary N) is 1. The molecular formula is C18H27N3O. The molecule has 1 heterocycles. The molecule has 4 heteroatoms. The van der Waals surface area contributed by atoms with E-state index in [1.807, 2.05) is 28.8 Å². The van der Waals surface area contributed by atoms with E-state index in [4.69, 9.17) is 0 Å². The standard InChI is InChI=1S/C18H27N3O/c1-17(2,3)12-18(4,5)20-16(22)10-11-21-13-19-14-8-6-7-9-15(14)21/h6-9,13H,10-12H2,1-5H3,(H,20,22). The molecule has 1 amide bonds. The molecule has 120 valence electrons. The van der Waals surface area contributed by atoms with Gasteiger partial charge in [-0.1, -0.05) is 32.9 Å². The molecule has 0 saturated heterocycles. The molecule has 0 aliphatic heterocycles. The van der Waals surface area contributed by atoms with Crippen molar-refractivity contribution in [3.05, 3.63) is 30.6 Å². The number of fused-ring (bicyclic) bond motifs is 1. The van der Waals surface area contributed by atoms with Gasteiger partial charge >= 0.3 is 0 Å². The van der Waals surface area contributed by atoms with Gasteiger partial charge in [0.15, 0.2) is 0 Å². The second-order valence-corrected chi connectivity index (χ2v) is 7.85. The fourth-order valence-electron chi connectivity index (χ4n) is 3.22. The molecule has 22 heavy (non-hydrogen) atoms. The van der Waals surface area contributed by atoms with Gasteiger partial charge < -0.3 is 9.88 Å². The summed E-state index contributed by atoms with van der Waals surface area (Å²) in [6.45, 7) is 11.4. The zero-order chi connectivity index (χ0) is 16.4. The lowest BCUT2D eigenvalue weighted by molar-refractivity contribution is -0.123. The van der Waals surface area contributed by atoms with Crippen LogP contribution in [0.5, 0.6) is 0 Å². The maximum atomic E-state index is 12.2. The van der Waals surface area contributed by atoms with Gasteiger partial charge in [-0.2, -0.15) is 0 Å². The normalized spacial score (nSPS) is 12.6. The van der Waals surface area contributed by atoms with Crippen LogP contribution < -0.4 is 5.32 Å². The van der Waals surface area contributed by atoms with Gasteiger partial charge in [-0.25, -0.2) is 4.98 Å². The number of amides is 1. The molecule has 1 N–H and O–H groups in total. The third kappa shape index (κ3) is 4.58. The summed E-state index contributed by atoms with van der Waals surface area (Å²) in [5.41, 5.74) is 2.05. The summed E-state index contributed by atoms with van der Waals surface area (Å²) in [6, 6.07) is 7.98. The molecular weight excluding hydrogens is 274 g/mol. The Morgan fingerprint density at radius 1 is 1.18 bits per heavy atom. The highest BCUT2D eigenvalue weighted by Crippen LogP contribution is 2.26. The van der Waals surface area contributed by atoms with Crippen LogP contribution in [-0.2, 0) is 11.3 Å². The Morgan fingerprint density at radius 3 is 2.55 bits per heavy atom. The quantitative estimate of drug-likeness (QED) is 0.914. The van der Waals surface area contributed by atoms with Crippen molar-refractivity contribution >= 4 is 16.9 Å². The highest BCUT2D eigenvalue weighted by molar-refractivity contribution is 5.78. The lowest BCUT2D eigenvalue weighted by Gasteiger charge is -2.33. The van der Waals surface area contributed by atoms with E-state index in [0.717, 1.165) is 17.5 Å². The third-order valence-electron chi connectivity index (χ3n) is 3.56. The van der Waals surface area contributed by atoms with Crippen LogP contribution >= 0.6 is 0 Å². The maximum Gasteiger partial charge on any atom is 0.222 e. The number of imidazole rings is 1. The van der Waals surface area contributed by atoms with Gasteiger partial charge in [0.25, 0.3) is 0 Å². The first kappa shape index (κ1) is 16.5. The highest BCUT2D eigenvalue weighted by atomic mass is 16.1. The summed E-state index contributed by atoms with van der Waals surface area (Å²) >= 11 is 0. The predicted molar refractivity (Wildman–Crippen MR) is 90.6 cm³/mol. The third-order valence-corrected chi connectivity index (χ3v) is 3.56. The van der Waals surface area contributed by atoms with Crippen LogP contribution in [0.25, 0.3) is 11.0 Å². The van der Waals surface area contributed by atoms with Crippen molar-refractivity contribution in [2.45, 2.75) is 59.5 Å². The van der Waals surface area contributed by atoms with Crippen LogP contribution in [0.2, 0.25) is 0 Å². The van der Waals surface area contributed by atoms with E-state index in [2.05, 4.69) is 44.9 Å². The minimum absolute atomic E-state index is 0.0898. The van der Waals surface area contributed by atoms with Crippen LogP contribution in [0.15, 0.2) is 30.6 Å². The fraction of sp³-hybridized carbons (Fsp3) is 0.556. The smallest absolute Gasteiger partial charge is 0.222 e. The summed E-state index contributed by atoms with van der Waals surface area (Å²) in [5.74, 6) is 0.0898. The predicted octanol–water partition coefficient (Wildman–Crippen LogP) is 3.76. The molecule has 2 aromatic rings. The SMILES string of the molecule is CC(C)(C)CC(C)(C)NC(=O)CCn1cnc2ccccc21. The average molecular weight is 301 g/mol. The first-order valence-corrected chi connectivity index (χ1v) is 7.87. The van der Waals surface area contributed by atoms with Gasteiger partial charge in [-0.05, 0) is 37.8 Å². The van der Waals surface area contributed by atoms with Crippen molar-refractivity contribution in [3.63, 3.8) is 0 Å². The Kier molecular flexibility index (Phi) is 4.59. The van der Waals surface area contributed by atoms with E-state index >= 15 is 0 Å². The number of hydrogen-bond donors (Lipinski definition) is 1. The Balaban J connectivity index is 1.93. The van der Waals surface area contributed by atoms with Gasteiger partial charge in [0.1, 0.15) is 0 Å². The summed E-state index contributed by atoms with van der Waals surface area (Å²) in [7, 11) is 0. The van der Waals surface area contributed by atoms with E-state index in [1.165, 1.54) is 0 Å². The molecule has 0 atom stereocenters. The molecule has 0 aliphatic rings. The van der Waals surface area contributed by atoms with E-state index < -0.39 is 0 Å². The minimum Gasteiger partial charge on any atom is -0.351 e. The van der Waals surface area contributed by atoms with Gasteiger partial charge in [-0.3, -0.25) is 4.79 Å². The molecule has 0 spiro atoms. The van der Waals surface area contributed by atoms with Crippen LogP contribution in [0.4, 0.5) is 0 Å². The van der Waals surface area contributed by atoms with E-state index in [9.17, 15) is 4.79 Å². The zero-order valence-corrected chi connectivity index (χ0v) is 14.3. The number of para-hydroxylation sites is 2. The molecule has 0 saturated carbocycles. The Labute approximate surface area is 132 Å². The first-order chi connectivity index (χ1) is 10.2. The van der Waals surface area contributed by atoms with Crippen molar-refractivity contribution in [2.75, 3.05) is 0 Å². The summed E-state index contributed by atoms with van der Waals surface area (Å²) < 4.78 is 2.03. The lowest BCUT2D eigenvalue weighted by atomic mass is 9.82. The monoisotopic (exact) mass is 301 g/mol. The second kappa shape index (κ2) is 6.11. The number of hydrogen-bond acceptors (Lipinski definition) is 2. The molecule has 0 radical (unpaired) electrons. The van der Waals surface area contributed by atoms with Crippen LogP contribution in [-0.4, -0.2) is 21.0 Å². The van der Waals surface area contributed by atoms with E-state index in [-0.39, 0.29) is 16.9 Å². The van der Waals surface area contributed by atoms with Crippen molar-refractivity contribution in [2.24, 2.45) is 5.41 Å². The Hall–Kier alpha value is -1.84. The van der Waals surface area contributed by atoms with E-state index in [0.29, 0.717) is 13.0 Å². The Bertz CT molecular complexity index is 650. The van der Waals surface area contributed by atoms with Gasteiger partial charge in [0.2, 0.25) is 5.91 Å². The summed E-state index contributed by atoms with van der Waals surface area (Å²) in [6.07, 6.45) is 3.21. The largest absolute Gasteiger partial charge is 0.351 e. The number of aromatic nitrogens is 2. The number of carbonyl (C=O) groups is 1. The molecule has 0 bridgehead atoms. The molecule has 0 unspecified atom stereocenters. The topological polar surface area (TPSA) is 46.9 Å². The second-order valence-electron chi connectivity index (χ2n) is 7.85. The van der Waals surface area contributed by atoms with Crippen LogP contribution in [0, 0.1) is 5.41 Å². The summed E-state index contributed by atoms with van der Waals surface area (Å²) in [4.78, 5) is 16.6. The molecule has 4 nitrogen and oxygen atoms in total. The molecule has 2 rings (SSSR count). The van der Waals surface area contributed by atoms with Crippen molar-refractivity contribution < 1.29 is 4.79 Å². The minimum atomic E-state index is -0.188. The maximum absolute atomic E-state index is 12.2. The zero-order valence-electron chi connectivity index (χ0n) is 14.3. The number of rotatable bonds is 5. The van der Waals surface area contributed by atoms with Gasteiger partial charge in [-0.15, -0.1) is 0 Å². The number of carbonyl (C=O) groups excluding carboxylic acids is 1. The molecule has 1 aromatic heterocycles. The number of benzene rings is 1. The fourth-order valence-corrected chi connectivity index (χ4v) is 3.22. The number of nitrogens with zero attached hydrogens (tertiary/aromatic N) is 2. The van der Waals surface area contributed by atoms with Gasteiger partial charge in [0, 0.05) is 18.5 Å². The molecule has 1 aromatic carbocycles. The van der Waals surface area contributed by atoms with Crippen molar-refractivity contribution in [1.29, 1.82) is 0 Å². The average Bonchev–Trinajstić information content (AvgIpc) is 2.76. The Morgan fingerprint density at radius 2 is 1.86 bits per heavy atom.